The van der Waals surface area contributed by atoms with E-state index in [1.165, 1.54) is 7.11 Å². The number of esters is 1. The molecule has 0 saturated carbocycles. The van der Waals surface area contributed by atoms with Crippen LogP contribution in [0.25, 0.3) is 11.4 Å². The molecule has 0 aliphatic carbocycles. The summed E-state index contributed by atoms with van der Waals surface area (Å²) in [6.07, 6.45) is 0. The zero-order valence-corrected chi connectivity index (χ0v) is 16.3. The summed E-state index contributed by atoms with van der Waals surface area (Å²) in [5.41, 5.74) is 2.02. The molecule has 1 aromatic heterocycles. The van der Waals surface area contributed by atoms with Crippen molar-refractivity contribution < 1.29 is 9.53 Å². The van der Waals surface area contributed by atoms with Crippen molar-refractivity contribution in [3.8, 4) is 11.4 Å². The van der Waals surface area contributed by atoms with Crippen LogP contribution < -0.4 is 10.2 Å². The summed E-state index contributed by atoms with van der Waals surface area (Å²) in [5.74, 6) is 1.68. The number of hydrogen-bond acceptors (Lipinski definition) is 6. The average molecular weight is 376 g/mol. The zero-order valence-electron chi connectivity index (χ0n) is 16.3. The van der Waals surface area contributed by atoms with Gasteiger partial charge < -0.3 is 15.0 Å². The van der Waals surface area contributed by atoms with E-state index in [1.54, 1.807) is 12.1 Å². The third-order valence-electron chi connectivity index (χ3n) is 4.43. The third-order valence-corrected chi connectivity index (χ3v) is 4.43. The maximum absolute atomic E-state index is 12.1. The Labute approximate surface area is 165 Å². The molecule has 1 heterocycles. The minimum atomic E-state index is -0.399. The van der Waals surface area contributed by atoms with Crippen molar-refractivity contribution in [3.63, 3.8) is 0 Å². The number of benzene rings is 2. The molecule has 3 rings (SSSR count). The van der Waals surface area contributed by atoms with Crippen LogP contribution in [0.2, 0.25) is 0 Å². The normalized spacial score (nSPS) is 10.4. The summed E-state index contributed by atoms with van der Waals surface area (Å²) in [6.45, 7) is 5.85. The van der Waals surface area contributed by atoms with Crippen molar-refractivity contribution in [1.29, 1.82) is 0 Å². The van der Waals surface area contributed by atoms with Gasteiger partial charge in [0.25, 0.3) is 0 Å². The first kappa shape index (κ1) is 19.4. The van der Waals surface area contributed by atoms with E-state index >= 15 is 0 Å². The fourth-order valence-electron chi connectivity index (χ4n) is 2.94. The number of ether oxygens (including phenoxy) is 1. The molecular formula is C22H24N4O2. The quantitative estimate of drug-likeness (QED) is 0.612. The highest BCUT2D eigenvalue weighted by atomic mass is 16.5. The Morgan fingerprint density at radius 3 is 2.36 bits per heavy atom. The second kappa shape index (κ2) is 8.99. The van der Waals surface area contributed by atoms with Crippen LogP contribution in [0.4, 0.5) is 17.3 Å². The second-order valence-electron chi connectivity index (χ2n) is 6.14. The van der Waals surface area contributed by atoms with Crippen LogP contribution in [-0.2, 0) is 4.74 Å². The molecule has 1 N–H and O–H groups in total. The number of nitrogens with zero attached hydrogens (tertiary/aromatic N) is 3. The predicted octanol–water partition coefficient (Wildman–Crippen LogP) is 4.52. The van der Waals surface area contributed by atoms with Gasteiger partial charge in [-0.3, -0.25) is 0 Å². The minimum absolute atomic E-state index is 0.399. The molecule has 3 aromatic rings. The van der Waals surface area contributed by atoms with Crippen LogP contribution in [0.15, 0.2) is 60.7 Å². The first-order chi connectivity index (χ1) is 13.7. The number of aromatic nitrogens is 2. The summed E-state index contributed by atoms with van der Waals surface area (Å²) in [5, 5.41) is 3.26. The summed E-state index contributed by atoms with van der Waals surface area (Å²) < 4.78 is 4.88. The number of nitrogens with one attached hydrogen (secondary N) is 1. The van der Waals surface area contributed by atoms with Gasteiger partial charge in [0.15, 0.2) is 5.82 Å². The monoisotopic (exact) mass is 376 g/mol. The fourth-order valence-corrected chi connectivity index (χ4v) is 2.94. The average Bonchev–Trinajstić information content (AvgIpc) is 2.75. The molecule has 6 nitrogen and oxygen atoms in total. The summed E-state index contributed by atoms with van der Waals surface area (Å²) in [7, 11) is 1.37. The maximum Gasteiger partial charge on any atom is 0.339 e. The van der Waals surface area contributed by atoms with Gasteiger partial charge in [0.05, 0.1) is 18.4 Å². The van der Waals surface area contributed by atoms with E-state index in [0.717, 1.165) is 24.5 Å². The number of rotatable bonds is 7. The van der Waals surface area contributed by atoms with Gasteiger partial charge in [-0.15, -0.1) is 0 Å². The van der Waals surface area contributed by atoms with E-state index in [-0.39, 0.29) is 0 Å². The number of anilines is 3. The van der Waals surface area contributed by atoms with Crippen LogP contribution in [0.1, 0.15) is 24.2 Å². The molecule has 0 fully saturated rings. The first-order valence-corrected chi connectivity index (χ1v) is 9.30. The van der Waals surface area contributed by atoms with Gasteiger partial charge in [-0.05, 0) is 26.0 Å². The van der Waals surface area contributed by atoms with E-state index in [2.05, 4.69) is 29.0 Å². The van der Waals surface area contributed by atoms with Crippen LogP contribution in [-0.4, -0.2) is 36.1 Å². The van der Waals surface area contributed by atoms with Crippen LogP contribution in [0.3, 0.4) is 0 Å². The molecule has 0 amide bonds. The predicted molar refractivity (Wildman–Crippen MR) is 112 cm³/mol. The Bertz CT molecular complexity index is 940. The van der Waals surface area contributed by atoms with Crippen molar-refractivity contribution >= 4 is 23.3 Å². The summed E-state index contributed by atoms with van der Waals surface area (Å²) in [4.78, 5) is 23.7. The highest BCUT2D eigenvalue weighted by molar-refractivity contribution is 5.96. The standard InChI is InChI=1S/C22H24N4O2/c1-4-26(5-2)20-15-19(24-21(25-20)16-11-7-6-8-12-16)23-18-14-10-9-13-17(18)22(27)28-3/h6-15H,4-5H2,1-3H3,(H,23,24,25). The lowest BCUT2D eigenvalue weighted by Crippen LogP contribution is -2.23. The summed E-state index contributed by atoms with van der Waals surface area (Å²) in [6, 6.07) is 18.9. The number of carbonyl (C=O) groups excluding carboxylic acids is 1. The largest absolute Gasteiger partial charge is 0.465 e. The lowest BCUT2D eigenvalue weighted by Gasteiger charge is -2.21. The number of methoxy groups -OCH3 is 1. The van der Waals surface area contributed by atoms with E-state index in [1.807, 2.05) is 48.5 Å². The Morgan fingerprint density at radius 2 is 1.68 bits per heavy atom. The topological polar surface area (TPSA) is 67.4 Å². The van der Waals surface area contributed by atoms with E-state index < -0.39 is 5.97 Å². The molecule has 0 spiro atoms. The smallest absolute Gasteiger partial charge is 0.339 e. The van der Waals surface area contributed by atoms with Gasteiger partial charge in [0, 0.05) is 24.7 Å². The molecule has 0 radical (unpaired) electrons. The van der Waals surface area contributed by atoms with Gasteiger partial charge in [-0.25, -0.2) is 14.8 Å². The number of hydrogen-bond donors (Lipinski definition) is 1. The molecule has 0 aliphatic heterocycles. The molecule has 6 heteroatoms. The molecule has 0 saturated heterocycles. The van der Waals surface area contributed by atoms with Gasteiger partial charge in [-0.1, -0.05) is 42.5 Å². The Balaban J connectivity index is 2.06. The van der Waals surface area contributed by atoms with Crippen LogP contribution in [0, 0.1) is 0 Å². The molecule has 0 unspecified atom stereocenters. The van der Waals surface area contributed by atoms with Crippen molar-refractivity contribution in [3.05, 3.63) is 66.2 Å². The third kappa shape index (κ3) is 4.28. The molecule has 0 bridgehead atoms. The molecule has 2 aromatic carbocycles. The van der Waals surface area contributed by atoms with Crippen molar-refractivity contribution in [2.24, 2.45) is 0 Å². The minimum Gasteiger partial charge on any atom is -0.465 e. The van der Waals surface area contributed by atoms with E-state index in [9.17, 15) is 4.79 Å². The second-order valence-corrected chi connectivity index (χ2v) is 6.14. The van der Waals surface area contributed by atoms with Gasteiger partial charge in [0.2, 0.25) is 0 Å². The van der Waals surface area contributed by atoms with Crippen molar-refractivity contribution in [2.75, 3.05) is 30.4 Å². The molecule has 0 aliphatic rings. The molecule has 0 atom stereocenters. The Kier molecular flexibility index (Phi) is 6.22. The summed E-state index contributed by atoms with van der Waals surface area (Å²) >= 11 is 0. The van der Waals surface area contributed by atoms with E-state index in [4.69, 9.17) is 9.72 Å². The van der Waals surface area contributed by atoms with Crippen molar-refractivity contribution in [2.45, 2.75) is 13.8 Å². The van der Waals surface area contributed by atoms with Crippen molar-refractivity contribution in [1.82, 2.24) is 9.97 Å². The maximum atomic E-state index is 12.1. The highest BCUT2D eigenvalue weighted by Crippen LogP contribution is 2.26. The van der Waals surface area contributed by atoms with Gasteiger partial charge in [0.1, 0.15) is 11.6 Å². The molecular weight excluding hydrogens is 352 g/mol. The number of carbonyl (C=O) groups is 1. The Morgan fingerprint density at radius 1 is 1.00 bits per heavy atom. The molecule has 28 heavy (non-hydrogen) atoms. The number of para-hydroxylation sites is 1. The SMILES string of the molecule is CCN(CC)c1cc(Nc2ccccc2C(=O)OC)nc(-c2ccccc2)n1. The van der Waals surface area contributed by atoms with Crippen LogP contribution >= 0.6 is 0 Å². The van der Waals surface area contributed by atoms with Gasteiger partial charge >= 0.3 is 5.97 Å². The lowest BCUT2D eigenvalue weighted by molar-refractivity contribution is 0.0602. The highest BCUT2D eigenvalue weighted by Gasteiger charge is 2.14. The first-order valence-electron chi connectivity index (χ1n) is 9.30. The van der Waals surface area contributed by atoms with E-state index in [0.29, 0.717) is 22.9 Å². The zero-order chi connectivity index (χ0) is 19.9. The lowest BCUT2D eigenvalue weighted by atomic mass is 10.1. The fraction of sp³-hybridized carbons (Fsp3) is 0.227. The Hall–Kier alpha value is -3.41. The van der Waals surface area contributed by atoms with Crippen LogP contribution in [0.5, 0.6) is 0 Å². The van der Waals surface area contributed by atoms with Gasteiger partial charge in [-0.2, -0.15) is 0 Å². The molecule has 144 valence electrons.